The normalized spacial score (nSPS) is 14.3. The number of nitrogens with one attached hydrogen (secondary N) is 2. The molecule has 3 aromatic rings. The molecule has 2 N–H and O–H groups in total. The average Bonchev–Trinajstić information content (AvgIpc) is 3.44. The number of hydrogen-bond donors (Lipinski definition) is 2. The molecule has 0 spiro atoms. The van der Waals surface area contributed by atoms with Crippen LogP contribution in [0.25, 0.3) is 11.3 Å². The van der Waals surface area contributed by atoms with Crippen molar-refractivity contribution in [2.75, 3.05) is 23.3 Å². The Labute approximate surface area is 182 Å². The summed E-state index contributed by atoms with van der Waals surface area (Å²) >= 11 is 0. The maximum atomic E-state index is 12.7. The molecule has 6 nitrogen and oxygen atoms in total. The number of rotatable bonds is 6. The third-order valence-corrected chi connectivity index (χ3v) is 5.55. The molecule has 1 aliphatic rings. The van der Waals surface area contributed by atoms with Gasteiger partial charge in [0, 0.05) is 30.0 Å². The van der Waals surface area contributed by atoms with Crippen molar-refractivity contribution in [3.05, 3.63) is 72.0 Å². The largest absolute Gasteiger partial charge is 0.461 e. The molecule has 2 amide bonds. The van der Waals surface area contributed by atoms with Gasteiger partial charge in [-0.05, 0) is 51.0 Å². The Morgan fingerprint density at radius 3 is 2.48 bits per heavy atom. The Balaban J connectivity index is 1.39. The zero-order chi connectivity index (χ0) is 21.8. The van der Waals surface area contributed by atoms with Crippen LogP contribution in [0.1, 0.15) is 35.9 Å². The van der Waals surface area contributed by atoms with Gasteiger partial charge in [0.25, 0.3) is 5.91 Å². The van der Waals surface area contributed by atoms with Crippen LogP contribution >= 0.6 is 0 Å². The third kappa shape index (κ3) is 4.79. The maximum Gasteiger partial charge on any atom is 0.255 e. The number of furan rings is 1. The number of anilines is 2. The fourth-order valence-electron chi connectivity index (χ4n) is 3.80. The van der Waals surface area contributed by atoms with Crippen molar-refractivity contribution in [3.63, 3.8) is 0 Å². The molecule has 160 valence electrons. The van der Waals surface area contributed by atoms with Crippen LogP contribution in [0.2, 0.25) is 0 Å². The number of amides is 2. The van der Waals surface area contributed by atoms with Crippen molar-refractivity contribution in [3.8, 4) is 11.3 Å². The maximum absolute atomic E-state index is 12.7. The zero-order valence-electron chi connectivity index (χ0n) is 17.9. The molecule has 6 heteroatoms. The Hall–Kier alpha value is -3.54. The van der Waals surface area contributed by atoms with E-state index in [1.54, 1.807) is 19.9 Å². The van der Waals surface area contributed by atoms with Crippen molar-refractivity contribution < 1.29 is 14.0 Å². The van der Waals surface area contributed by atoms with Crippen molar-refractivity contribution in [2.24, 2.45) is 0 Å². The standard InChI is InChI=1S/C25H27N3O3/c1-17(24(29)27-20-11-8-12-21(15-20)28-13-6-7-14-28)26-25(30)22-16-23(31-18(22)2)19-9-4-3-5-10-19/h3-5,8-12,15-17H,6-7,13-14H2,1-2H3,(H,26,30)(H,27,29). The van der Waals surface area contributed by atoms with Gasteiger partial charge in [-0.1, -0.05) is 36.4 Å². The van der Waals surface area contributed by atoms with Crippen molar-refractivity contribution in [1.82, 2.24) is 5.32 Å². The van der Waals surface area contributed by atoms with Crippen LogP contribution in [0, 0.1) is 6.92 Å². The second kappa shape index (κ2) is 9.08. The van der Waals surface area contributed by atoms with Crippen molar-refractivity contribution in [2.45, 2.75) is 32.7 Å². The lowest BCUT2D eigenvalue weighted by Crippen LogP contribution is -2.41. The molecule has 2 aromatic carbocycles. The van der Waals surface area contributed by atoms with Gasteiger partial charge >= 0.3 is 0 Å². The van der Waals surface area contributed by atoms with E-state index in [-0.39, 0.29) is 11.8 Å². The summed E-state index contributed by atoms with van der Waals surface area (Å²) in [5.41, 5.74) is 3.15. The second-order valence-corrected chi connectivity index (χ2v) is 7.88. The molecular formula is C25H27N3O3. The molecule has 2 heterocycles. The summed E-state index contributed by atoms with van der Waals surface area (Å²) in [4.78, 5) is 27.7. The Morgan fingerprint density at radius 2 is 1.74 bits per heavy atom. The van der Waals surface area contributed by atoms with Gasteiger partial charge in [-0.25, -0.2) is 0 Å². The summed E-state index contributed by atoms with van der Waals surface area (Å²) in [7, 11) is 0. The van der Waals surface area contributed by atoms with E-state index in [1.807, 2.05) is 48.5 Å². The first kappa shape index (κ1) is 20.7. The monoisotopic (exact) mass is 417 g/mol. The smallest absolute Gasteiger partial charge is 0.255 e. The quantitative estimate of drug-likeness (QED) is 0.614. The van der Waals surface area contributed by atoms with Crippen LogP contribution in [-0.2, 0) is 4.79 Å². The molecule has 1 aromatic heterocycles. The molecule has 1 unspecified atom stereocenters. The first-order valence-corrected chi connectivity index (χ1v) is 10.6. The number of nitrogens with zero attached hydrogens (tertiary/aromatic N) is 1. The predicted octanol–water partition coefficient (Wildman–Crippen LogP) is 4.61. The summed E-state index contributed by atoms with van der Waals surface area (Å²) in [6.45, 7) is 5.50. The fraction of sp³-hybridized carbons (Fsp3) is 0.280. The molecule has 0 aliphatic carbocycles. The van der Waals surface area contributed by atoms with Gasteiger partial charge in [0.15, 0.2) is 0 Å². The molecule has 1 aliphatic heterocycles. The van der Waals surface area contributed by atoms with E-state index >= 15 is 0 Å². The van der Waals surface area contributed by atoms with E-state index in [2.05, 4.69) is 21.6 Å². The van der Waals surface area contributed by atoms with Crippen LogP contribution in [0.4, 0.5) is 11.4 Å². The summed E-state index contributed by atoms with van der Waals surface area (Å²) in [5, 5.41) is 5.67. The molecule has 1 fully saturated rings. The van der Waals surface area contributed by atoms with E-state index in [1.165, 1.54) is 12.8 Å². The highest BCUT2D eigenvalue weighted by Crippen LogP contribution is 2.26. The van der Waals surface area contributed by atoms with Gasteiger partial charge < -0.3 is 20.0 Å². The first-order chi connectivity index (χ1) is 15.0. The van der Waals surface area contributed by atoms with Gasteiger partial charge in [-0.2, -0.15) is 0 Å². The number of aryl methyl sites for hydroxylation is 1. The van der Waals surface area contributed by atoms with Gasteiger partial charge in [0.2, 0.25) is 5.91 Å². The Bertz CT molecular complexity index is 1070. The minimum atomic E-state index is -0.697. The lowest BCUT2D eigenvalue weighted by Gasteiger charge is -2.19. The highest BCUT2D eigenvalue weighted by Gasteiger charge is 2.21. The summed E-state index contributed by atoms with van der Waals surface area (Å²) in [5.74, 6) is 0.537. The molecule has 4 rings (SSSR count). The van der Waals surface area contributed by atoms with Crippen LogP contribution in [0.3, 0.4) is 0 Å². The SMILES string of the molecule is Cc1oc(-c2ccccc2)cc1C(=O)NC(C)C(=O)Nc1cccc(N2CCCC2)c1. The summed E-state index contributed by atoms with van der Waals surface area (Å²) < 4.78 is 5.76. The Kier molecular flexibility index (Phi) is 6.07. The van der Waals surface area contributed by atoms with E-state index in [9.17, 15) is 9.59 Å². The van der Waals surface area contributed by atoms with Gasteiger partial charge in [-0.3, -0.25) is 9.59 Å². The molecule has 0 saturated carbocycles. The van der Waals surface area contributed by atoms with Crippen molar-refractivity contribution >= 4 is 23.2 Å². The number of benzene rings is 2. The fourth-order valence-corrected chi connectivity index (χ4v) is 3.80. The van der Waals surface area contributed by atoms with E-state index in [0.29, 0.717) is 17.1 Å². The third-order valence-electron chi connectivity index (χ3n) is 5.55. The minimum absolute atomic E-state index is 0.267. The first-order valence-electron chi connectivity index (χ1n) is 10.6. The molecular weight excluding hydrogens is 390 g/mol. The van der Waals surface area contributed by atoms with E-state index in [0.717, 1.165) is 30.0 Å². The predicted molar refractivity (Wildman–Crippen MR) is 122 cm³/mol. The van der Waals surface area contributed by atoms with Crippen LogP contribution in [0.15, 0.2) is 65.1 Å². The minimum Gasteiger partial charge on any atom is -0.461 e. The number of carbonyl (C=O) groups excluding carboxylic acids is 2. The number of carbonyl (C=O) groups is 2. The van der Waals surface area contributed by atoms with E-state index < -0.39 is 6.04 Å². The van der Waals surface area contributed by atoms with Gasteiger partial charge in [0.1, 0.15) is 17.6 Å². The molecule has 1 atom stereocenters. The summed E-state index contributed by atoms with van der Waals surface area (Å²) in [6.07, 6.45) is 2.39. The highest BCUT2D eigenvalue weighted by atomic mass is 16.3. The lowest BCUT2D eigenvalue weighted by atomic mass is 10.1. The summed E-state index contributed by atoms with van der Waals surface area (Å²) in [6, 6.07) is 18.4. The van der Waals surface area contributed by atoms with Gasteiger partial charge in [-0.15, -0.1) is 0 Å². The second-order valence-electron chi connectivity index (χ2n) is 7.88. The number of hydrogen-bond acceptors (Lipinski definition) is 4. The van der Waals surface area contributed by atoms with Gasteiger partial charge in [0.05, 0.1) is 5.56 Å². The van der Waals surface area contributed by atoms with Crippen LogP contribution in [0.5, 0.6) is 0 Å². The molecule has 0 bridgehead atoms. The van der Waals surface area contributed by atoms with Crippen LogP contribution < -0.4 is 15.5 Å². The van der Waals surface area contributed by atoms with E-state index in [4.69, 9.17) is 4.42 Å². The molecule has 1 saturated heterocycles. The van der Waals surface area contributed by atoms with Crippen LogP contribution in [-0.4, -0.2) is 30.9 Å². The topological polar surface area (TPSA) is 74.6 Å². The van der Waals surface area contributed by atoms with Crippen molar-refractivity contribution in [1.29, 1.82) is 0 Å². The molecule has 0 radical (unpaired) electrons. The Morgan fingerprint density at radius 1 is 1.00 bits per heavy atom. The average molecular weight is 418 g/mol. The molecule has 31 heavy (non-hydrogen) atoms. The highest BCUT2D eigenvalue weighted by molar-refractivity contribution is 6.02. The lowest BCUT2D eigenvalue weighted by molar-refractivity contribution is -0.117. The zero-order valence-corrected chi connectivity index (χ0v) is 17.9.